The maximum atomic E-state index is 11.7. The minimum Gasteiger partial charge on any atom is -0.465 e. The van der Waals surface area contributed by atoms with Gasteiger partial charge < -0.3 is 25.0 Å². The van der Waals surface area contributed by atoms with Crippen LogP contribution in [-0.4, -0.2) is 61.1 Å². The molecule has 0 spiro atoms. The van der Waals surface area contributed by atoms with E-state index in [1.165, 1.54) is 20.3 Å². The molecular weight excluding hydrogens is 280 g/mol. The summed E-state index contributed by atoms with van der Waals surface area (Å²) in [4.78, 5) is 27.5. The van der Waals surface area contributed by atoms with Crippen molar-refractivity contribution in [2.75, 3.05) is 39.3 Å². The zero-order valence-electron chi connectivity index (χ0n) is 11.9. The van der Waals surface area contributed by atoms with Crippen LogP contribution in [0.25, 0.3) is 0 Å². The van der Waals surface area contributed by atoms with Crippen LogP contribution in [0.15, 0.2) is 6.07 Å². The summed E-state index contributed by atoms with van der Waals surface area (Å²) in [5, 5.41) is 20.7. The second-order valence-corrected chi connectivity index (χ2v) is 4.00. The zero-order chi connectivity index (χ0) is 15.8. The number of aliphatic hydroxyl groups excluding tert-OH is 2. The lowest BCUT2D eigenvalue weighted by Crippen LogP contribution is -2.18. The monoisotopic (exact) mass is 298 g/mol. The van der Waals surface area contributed by atoms with Gasteiger partial charge in [-0.25, -0.2) is 14.6 Å². The Kier molecular flexibility index (Phi) is 6.57. The molecule has 0 aliphatic heterocycles. The Balaban J connectivity index is 3.37. The van der Waals surface area contributed by atoms with E-state index in [1.54, 1.807) is 0 Å². The van der Waals surface area contributed by atoms with Crippen LogP contribution in [0.1, 0.15) is 26.4 Å². The molecule has 0 radical (unpaired) electrons. The van der Waals surface area contributed by atoms with E-state index < -0.39 is 11.9 Å². The molecular formula is C13H18N2O6. The number of methoxy groups -OCH3 is 2. The van der Waals surface area contributed by atoms with E-state index in [0.29, 0.717) is 11.4 Å². The first-order valence-corrected chi connectivity index (χ1v) is 6.25. The highest BCUT2D eigenvalue weighted by atomic mass is 16.5. The van der Waals surface area contributed by atoms with Gasteiger partial charge in [0, 0.05) is 13.2 Å². The normalized spacial score (nSPS) is 10.1. The summed E-state index contributed by atoms with van der Waals surface area (Å²) in [5.41, 5.74) is 0.299. The fraction of sp³-hybridized carbons (Fsp3) is 0.462. The number of aromatic nitrogens is 1. The SMILES string of the molecule is COC(=O)c1cc(CCO)c(NCCO)nc1C(=O)OC. The molecule has 8 heteroatoms. The lowest BCUT2D eigenvalue weighted by molar-refractivity contribution is 0.0550. The van der Waals surface area contributed by atoms with E-state index in [-0.39, 0.29) is 37.4 Å². The van der Waals surface area contributed by atoms with Crippen LogP contribution in [0.3, 0.4) is 0 Å². The largest absolute Gasteiger partial charge is 0.465 e. The van der Waals surface area contributed by atoms with Crippen molar-refractivity contribution < 1.29 is 29.3 Å². The number of hydrogen-bond donors (Lipinski definition) is 3. The van der Waals surface area contributed by atoms with Gasteiger partial charge >= 0.3 is 11.9 Å². The first kappa shape index (κ1) is 16.9. The molecule has 1 aromatic rings. The van der Waals surface area contributed by atoms with Gasteiger partial charge in [0.1, 0.15) is 5.82 Å². The van der Waals surface area contributed by atoms with E-state index in [2.05, 4.69) is 19.8 Å². The lowest BCUT2D eigenvalue weighted by atomic mass is 10.1. The minimum atomic E-state index is -0.780. The lowest BCUT2D eigenvalue weighted by Gasteiger charge is -2.14. The molecule has 0 amide bonds. The van der Waals surface area contributed by atoms with Crippen molar-refractivity contribution in [3.05, 3.63) is 22.9 Å². The smallest absolute Gasteiger partial charge is 0.357 e. The van der Waals surface area contributed by atoms with Crippen LogP contribution in [0.2, 0.25) is 0 Å². The van der Waals surface area contributed by atoms with E-state index in [9.17, 15) is 9.59 Å². The third-order valence-electron chi connectivity index (χ3n) is 2.67. The second-order valence-electron chi connectivity index (χ2n) is 4.00. The quantitative estimate of drug-likeness (QED) is 0.582. The van der Waals surface area contributed by atoms with Gasteiger partial charge in [-0.3, -0.25) is 0 Å². The Morgan fingerprint density at radius 3 is 2.38 bits per heavy atom. The van der Waals surface area contributed by atoms with Gasteiger partial charge in [-0.1, -0.05) is 0 Å². The highest BCUT2D eigenvalue weighted by Crippen LogP contribution is 2.20. The molecule has 1 rings (SSSR count). The number of esters is 2. The third-order valence-corrected chi connectivity index (χ3v) is 2.67. The van der Waals surface area contributed by atoms with Crippen molar-refractivity contribution in [3.63, 3.8) is 0 Å². The number of anilines is 1. The number of carbonyl (C=O) groups excluding carboxylic acids is 2. The maximum Gasteiger partial charge on any atom is 0.357 e. The molecule has 0 aliphatic rings. The molecule has 0 aliphatic carbocycles. The Morgan fingerprint density at radius 2 is 1.86 bits per heavy atom. The Labute approximate surface area is 121 Å². The number of nitrogens with one attached hydrogen (secondary N) is 1. The van der Waals surface area contributed by atoms with E-state index in [4.69, 9.17) is 10.2 Å². The molecule has 8 nitrogen and oxygen atoms in total. The summed E-state index contributed by atoms with van der Waals surface area (Å²) in [5.74, 6) is -1.21. The molecule has 0 bridgehead atoms. The molecule has 0 saturated heterocycles. The van der Waals surface area contributed by atoms with Crippen LogP contribution < -0.4 is 5.32 Å². The van der Waals surface area contributed by atoms with Gasteiger partial charge in [0.15, 0.2) is 5.69 Å². The first-order chi connectivity index (χ1) is 10.1. The molecule has 0 aromatic carbocycles. The van der Waals surface area contributed by atoms with Crippen molar-refractivity contribution in [2.45, 2.75) is 6.42 Å². The van der Waals surface area contributed by atoms with Crippen molar-refractivity contribution >= 4 is 17.8 Å². The van der Waals surface area contributed by atoms with E-state index >= 15 is 0 Å². The van der Waals surface area contributed by atoms with E-state index in [1.807, 2.05) is 0 Å². The molecule has 3 N–H and O–H groups in total. The highest BCUT2D eigenvalue weighted by Gasteiger charge is 2.23. The highest BCUT2D eigenvalue weighted by molar-refractivity contribution is 6.02. The standard InChI is InChI=1S/C13H18N2O6/c1-20-12(18)9-7-8(3-5-16)11(14-4-6-17)15-10(9)13(19)21-2/h7,16-17H,3-6H2,1-2H3,(H,14,15). The van der Waals surface area contributed by atoms with Gasteiger partial charge in [0.05, 0.1) is 26.4 Å². The van der Waals surface area contributed by atoms with Gasteiger partial charge in [-0.15, -0.1) is 0 Å². The molecule has 0 saturated carbocycles. The Morgan fingerprint density at radius 1 is 1.19 bits per heavy atom. The molecule has 116 valence electrons. The number of aliphatic hydroxyl groups is 2. The first-order valence-electron chi connectivity index (χ1n) is 6.25. The van der Waals surface area contributed by atoms with Crippen molar-refractivity contribution in [2.24, 2.45) is 0 Å². The molecule has 0 fully saturated rings. The molecule has 1 aromatic heterocycles. The van der Waals surface area contributed by atoms with E-state index in [0.717, 1.165) is 0 Å². The topological polar surface area (TPSA) is 118 Å². The molecule has 0 unspecified atom stereocenters. The van der Waals surface area contributed by atoms with Crippen LogP contribution in [-0.2, 0) is 15.9 Å². The fourth-order valence-electron chi connectivity index (χ4n) is 1.71. The molecule has 0 atom stereocenters. The summed E-state index contributed by atoms with van der Waals surface area (Å²) in [6.07, 6.45) is 0.228. The van der Waals surface area contributed by atoms with Gasteiger partial charge in [0.2, 0.25) is 0 Å². The maximum absolute atomic E-state index is 11.7. The second kappa shape index (κ2) is 8.18. The number of carbonyl (C=O) groups is 2. The van der Waals surface area contributed by atoms with Crippen LogP contribution in [0.5, 0.6) is 0 Å². The molecule has 1 heterocycles. The predicted molar refractivity (Wildman–Crippen MR) is 73.3 cm³/mol. The summed E-state index contributed by atoms with van der Waals surface area (Å²) >= 11 is 0. The number of hydrogen-bond acceptors (Lipinski definition) is 8. The average Bonchev–Trinajstić information content (AvgIpc) is 2.51. The Bertz CT molecular complexity index is 518. The number of ether oxygens (including phenoxy) is 2. The minimum absolute atomic E-state index is 0.0395. The van der Waals surface area contributed by atoms with Gasteiger partial charge in [-0.2, -0.15) is 0 Å². The zero-order valence-corrected chi connectivity index (χ0v) is 11.9. The number of pyridine rings is 1. The van der Waals surface area contributed by atoms with Crippen molar-refractivity contribution in [3.8, 4) is 0 Å². The third kappa shape index (κ3) is 4.14. The van der Waals surface area contributed by atoms with Gasteiger partial charge in [0.25, 0.3) is 0 Å². The van der Waals surface area contributed by atoms with Crippen molar-refractivity contribution in [1.82, 2.24) is 4.98 Å². The summed E-state index contributed by atoms with van der Waals surface area (Å²) in [6.45, 7) is -0.0795. The van der Waals surface area contributed by atoms with Crippen LogP contribution in [0.4, 0.5) is 5.82 Å². The average molecular weight is 298 g/mol. The molecule has 21 heavy (non-hydrogen) atoms. The fourth-order valence-corrected chi connectivity index (χ4v) is 1.71. The number of rotatable bonds is 7. The van der Waals surface area contributed by atoms with Crippen molar-refractivity contribution in [1.29, 1.82) is 0 Å². The predicted octanol–water partition coefficient (Wildman–Crippen LogP) is -0.406. The Hall–Kier alpha value is -2.19. The van der Waals surface area contributed by atoms with Crippen LogP contribution in [0, 0.1) is 0 Å². The van der Waals surface area contributed by atoms with Crippen LogP contribution >= 0.6 is 0 Å². The van der Waals surface area contributed by atoms with Gasteiger partial charge in [-0.05, 0) is 18.1 Å². The summed E-state index contributed by atoms with van der Waals surface area (Å²) < 4.78 is 9.21. The number of nitrogens with zero attached hydrogens (tertiary/aromatic N) is 1. The summed E-state index contributed by atoms with van der Waals surface area (Å²) in [7, 11) is 2.36. The summed E-state index contributed by atoms with van der Waals surface area (Å²) in [6, 6.07) is 1.42.